The first-order valence-electron chi connectivity index (χ1n) is 7.41. The maximum absolute atomic E-state index is 9.94. The Hall–Kier alpha value is -1.42. The normalized spacial score (nSPS) is 45.7. The third kappa shape index (κ3) is 5.29. The van der Waals surface area contributed by atoms with Gasteiger partial charge in [0, 0.05) is 5.92 Å². The van der Waals surface area contributed by atoms with Gasteiger partial charge in [-0.3, -0.25) is 9.59 Å². The summed E-state index contributed by atoms with van der Waals surface area (Å²) in [5.41, 5.74) is 0. The van der Waals surface area contributed by atoms with Gasteiger partial charge in [-0.05, 0) is 0 Å². The molecule has 0 radical (unpaired) electrons. The number of aliphatic hydroxyl groups is 7. The number of rotatable bonds is 4. The van der Waals surface area contributed by atoms with Crippen LogP contribution in [0.4, 0.5) is 0 Å². The molecule has 4 unspecified atom stereocenters. The van der Waals surface area contributed by atoms with Gasteiger partial charge in [-0.2, -0.15) is 0 Å². The Morgan fingerprint density at radius 1 is 0.654 bits per heavy atom. The van der Waals surface area contributed by atoms with Crippen molar-refractivity contribution in [1.29, 1.82) is 0 Å². The first kappa shape index (κ1) is 22.6. The van der Waals surface area contributed by atoms with Crippen LogP contribution >= 0.6 is 0 Å². The molecule has 0 bridgehead atoms. The lowest BCUT2D eigenvalue weighted by atomic mass is 9.96. The van der Waals surface area contributed by atoms with Crippen LogP contribution in [0.3, 0.4) is 0 Å². The highest BCUT2D eigenvalue weighted by Gasteiger charge is 2.44. The minimum absolute atomic E-state index is 0.00499. The van der Waals surface area contributed by atoms with Crippen LogP contribution in [-0.4, -0.2) is 104 Å². The van der Waals surface area contributed by atoms with E-state index in [1.54, 1.807) is 0 Å². The van der Waals surface area contributed by atoms with E-state index in [0.29, 0.717) is 0 Å². The topological polar surface area (TPSA) is 213 Å². The summed E-state index contributed by atoms with van der Waals surface area (Å²) in [4.78, 5) is 19.8. The highest BCUT2D eigenvalue weighted by Crippen LogP contribution is 2.24. The SMILES string of the molecule is CC1[C@H](O)OC(OC=O)[C@@H](O)[C@H]1O.O=COC1O[C@@H](O)C(O)[C@@H](O)[C@@H]1O. The third-order valence-electron chi connectivity index (χ3n) is 3.81. The molecule has 0 saturated carbocycles. The van der Waals surface area contributed by atoms with Gasteiger partial charge in [-0.15, -0.1) is 0 Å². The second kappa shape index (κ2) is 10.1. The zero-order valence-corrected chi connectivity index (χ0v) is 13.5. The molecule has 2 fully saturated rings. The fourth-order valence-corrected chi connectivity index (χ4v) is 2.15. The van der Waals surface area contributed by atoms with Gasteiger partial charge in [0.25, 0.3) is 12.9 Å². The van der Waals surface area contributed by atoms with Crippen LogP contribution in [0.5, 0.6) is 0 Å². The summed E-state index contributed by atoms with van der Waals surface area (Å²) >= 11 is 0. The summed E-state index contributed by atoms with van der Waals surface area (Å²) in [6.07, 6.45) is -13.0. The van der Waals surface area contributed by atoms with Crippen molar-refractivity contribution in [2.45, 2.75) is 62.6 Å². The number of ether oxygens (including phenoxy) is 4. The molecular weight excluding hydrogens is 364 g/mol. The van der Waals surface area contributed by atoms with Crippen molar-refractivity contribution in [3.8, 4) is 0 Å². The lowest BCUT2D eigenvalue weighted by molar-refractivity contribution is -0.328. The molecule has 2 saturated heterocycles. The number of carbonyl (C=O) groups is 2. The molecule has 0 aromatic rings. The summed E-state index contributed by atoms with van der Waals surface area (Å²) < 4.78 is 17.7. The summed E-state index contributed by atoms with van der Waals surface area (Å²) in [6, 6.07) is 0. The van der Waals surface area contributed by atoms with Crippen LogP contribution in [-0.2, 0) is 28.5 Å². The summed E-state index contributed by atoms with van der Waals surface area (Å²) in [6.45, 7) is 1.60. The van der Waals surface area contributed by atoms with Crippen molar-refractivity contribution in [1.82, 2.24) is 0 Å². The lowest BCUT2D eigenvalue weighted by Gasteiger charge is -2.37. The molecule has 2 aliphatic rings. The van der Waals surface area contributed by atoms with Crippen LogP contribution in [0.15, 0.2) is 0 Å². The van der Waals surface area contributed by atoms with Crippen molar-refractivity contribution in [3.63, 3.8) is 0 Å². The number of aliphatic hydroxyl groups excluding tert-OH is 7. The summed E-state index contributed by atoms with van der Waals surface area (Å²) in [7, 11) is 0. The van der Waals surface area contributed by atoms with Gasteiger partial charge in [0.15, 0.2) is 12.6 Å². The smallest absolute Gasteiger partial charge is 0.295 e. The molecule has 2 rings (SSSR count). The van der Waals surface area contributed by atoms with Gasteiger partial charge in [-0.25, -0.2) is 0 Å². The average molecular weight is 386 g/mol. The highest BCUT2D eigenvalue weighted by atomic mass is 16.8. The quantitative estimate of drug-likeness (QED) is 0.226. The fraction of sp³-hybridized carbons (Fsp3) is 0.846. The van der Waals surface area contributed by atoms with Gasteiger partial charge in [-0.1, -0.05) is 6.92 Å². The van der Waals surface area contributed by atoms with Crippen molar-refractivity contribution in [2.24, 2.45) is 5.92 Å². The lowest BCUT2D eigenvalue weighted by Crippen LogP contribution is -2.58. The molecule has 0 spiro atoms. The van der Waals surface area contributed by atoms with E-state index in [9.17, 15) is 24.9 Å². The molecule has 2 heterocycles. The third-order valence-corrected chi connectivity index (χ3v) is 3.81. The largest absolute Gasteiger partial charge is 0.435 e. The molecule has 0 aliphatic carbocycles. The minimum Gasteiger partial charge on any atom is -0.435 e. The molecule has 7 N–H and O–H groups in total. The maximum atomic E-state index is 9.94. The second-order valence-corrected chi connectivity index (χ2v) is 5.57. The molecule has 10 atom stereocenters. The Labute approximate surface area is 146 Å². The van der Waals surface area contributed by atoms with E-state index in [2.05, 4.69) is 14.2 Å². The molecule has 26 heavy (non-hydrogen) atoms. The van der Waals surface area contributed by atoms with Crippen molar-refractivity contribution < 1.29 is 64.3 Å². The molecule has 0 aromatic carbocycles. The highest BCUT2D eigenvalue weighted by molar-refractivity contribution is 5.37. The van der Waals surface area contributed by atoms with Gasteiger partial charge >= 0.3 is 0 Å². The fourth-order valence-electron chi connectivity index (χ4n) is 2.15. The van der Waals surface area contributed by atoms with Crippen LogP contribution < -0.4 is 0 Å². The van der Waals surface area contributed by atoms with E-state index in [0.717, 1.165) is 0 Å². The zero-order valence-electron chi connectivity index (χ0n) is 13.5. The summed E-state index contributed by atoms with van der Waals surface area (Å²) in [5, 5.41) is 63.9. The van der Waals surface area contributed by atoms with Crippen molar-refractivity contribution >= 4 is 12.9 Å². The Morgan fingerprint density at radius 3 is 1.54 bits per heavy atom. The predicted octanol–water partition coefficient (Wildman–Crippen LogP) is -4.89. The first-order chi connectivity index (χ1) is 12.1. The Bertz CT molecular complexity index is 408. The summed E-state index contributed by atoms with van der Waals surface area (Å²) in [5.74, 6) is -0.624. The van der Waals surface area contributed by atoms with Gasteiger partial charge < -0.3 is 54.7 Å². The number of hydrogen-bond acceptors (Lipinski definition) is 13. The maximum Gasteiger partial charge on any atom is 0.295 e. The van der Waals surface area contributed by atoms with Crippen LogP contribution in [0.1, 0.15) is 6.92 Å². The van der Waals surface area contributed by atoms with Crippen LogP contribution in [0.2, 0.25) is 0 Å². The van der Waals surface area contributed by atoms with Crippen LogP contribution in [0, 0.1) is 5.92 Å². The average Bonchev–Trinajstić information content (AvgIpc) is 2.61. The van der Waals surface area contributed by atoms with Gasteiger partial charge in [0.2, 0.25) is 12.6 Å². The van der Waals surface area contributed by atoms with Gasteiger partial charge in [0.05, 0.1) is 6.10 Å². The minimum atomic E-state index is -1.69. The van der Waals surface area contributed by atoms with E-state index >= 15 is 0 Å². The molecule has 13 nitrogen and oxygen atoms in total. The van der Waals surface area contributed by atoms with Gasteiger partial charge in [0.1, 0.15) is 24.4 Å². The molecule has 0 amide bonds. The number of carbonyl (C=O) groups excluding carboxylic acids is 2. The van der Waals surface area contributed by atoms with E-state index in [-0.39, 0.29) is 12.9 Å². The van der Waals surface area contributed by atoms with E-state index in [1.165, 1.54) is 6.92 Å². The Kier molecular flexibility index (Phi) is 8.75. The predicted molar refractivity (Wildman–Crippen MR) is 75.3 cm³/mol. The number of hydrogen-bond donors (Lipinski definition) is 7. The van der Waals surface area contributed by atoms with E-state index in [4.69, 9.17) is 25.2 Å². The second-order valence-electron chi connectivity index (χ2n) is 5.57. The Balaban J connectivity index is 0.000000260. The molecule has 152 valence electrons. The van der Waals surface area contributed by atoms with E-state index in [1.807, 2.05) is 0 Å². The van der Waals surface area contributed by atoms with Crippen LogP contribution in [0.25, 0.3) is 0 Å². The Morgan fingerprint density at radius 2 is 1.08 bits per heavy atom. The molecule has 2 aliphatic heterocycles. The standard InChI is InChI=1S/C7H12O6.C6H10O7/c1-3-4(9)5(10)7(12-2-8)13-6(3)11;7-1-12-6-4(10)2(8)3(9)5(11)13-6/h2-7,9-11H,1H3;1-6,8-11H/t3?,4-,5-,6+,7?;2-,3?,4+,5-,6?/m01/s1. The zero-order chi connectivity index (χ0) is 20.0. The molecule has 13 heteroatoms. The monoisotopic (exact) mass is 386 g/mol. The van der Waals surface area contributed by atoms with E-state index < -0.39 is 61.6 Å². The first-order valence-corrected chi connectivity index (χ1v) is 7.41. The van der Waals surface area contributed by atoms with Crippen molar-refractivity contribution in [2.75, 3.05) is 0 Å². The van der Waals surface area contributed by atoms with Crippen molar-refractivity contribution in [3.05, 3.63) is 0 Å². The molecule has 0 aromatic heterocycles. The molecular formula is C13H22O13.